The van der Waals surface area contributed by atoms with Crippen LogP contribution in [-0.4, -0.2) is 24.3 Å². The predicted molar refractivity (Wildman–Crippen MR) is 55.7 cm³/mol. The maximum atomic E-state index is 9.09. The summed E-state index contributed by atoms with van der Waals surface area (Å²) in [6.07, 6.45) is 7.77. The molecule has 0 aromatic carbocycles. The van der Waals surface area contributed by atoms with Gasteiger partial charge in [0.15, 0.2) is 0 Å². The van der Waals surface area contributed by atoms with E-state index in [1.807, 2.05) is 0 Å². The Morgan fingerprint density at radius 1 is 1.38 bits per heavy atom. The van der Waals surface area contributed by atoms with E-state index in [-0.39, 0.29) is 0 Å². The van der Waals surface area contributed by atoms with Gasteiger partial charge >= 0.3 is 0 Å². The van der Waals surface area contributed by atoms with Gasteiger partial charge in [-0.05, 0) is 25.2 Å². The number of hydrogen-bond donors (Lipinski definition) is 2. The van der Waals surface area contributed by atoms with Gasteiger partial charge in [0.2, 0.25) is 0 Å². The van der Waals surface area contributed by atoms with E-state index in [4.69, 9.17) is 5.11 Å². The van der Waals surface area contributed by atoms with Gasteiger partial charge in [0.05, 0.1) is 0 Å². The van der Waals surface area contributed by atoms with Gasteiger partial charge in [0.1, 0.15) is 0 Å². The fourth-order valence-electron chi connectivity index (χ4n) is 2.13. The van der Waals surface area contributed by atoms with Crippen molar-refractivity contribution in [2.75, 3.05) is 13.2 Å². The number of rotatable bonds is 6. The SMILES string of the molecule is CCCC(CO)CNC1CCCC1. The van der Waals surface area contributed by atoms with Crippen molar-refractivity contribution in [3.05, 3.63) is 0 Å². The van der Waals surface area contributed by atoms with E-state index < -0.39 is 0 Å². The summed E-state index contributed by atoms with van der Waals surface area (Å²) in [5.74, 6) is 0.477. The molecular formula is C11H23NO. The molecule has 0 aromatic rings. The van der Waals surface area contributed by atoms with Crippen molar-refractivity contribution < 1.29 is 5.11 Å². The molecule has 0 saturated heterocycles. The zero-order valence-electron chi connectivity index (χ0n) is 8.76. The predicted octanol–water partition coefficient (Wildman–Crippen LogP) is 1.93. The summed E-state index contributed by atoms with van der Waals surface area (Å²) in [5, 5.41) is 12.6. The van der Waals surface area contributed by atoms with E-state index in [0.717, 1.165) is 19.0 Å². The Hall–Kier alpha value is -0.0800. The minimum atomic E-state index is 0.341. The Morgan fingerprint density at radius 2 is 2.08 bits per heavy atom. The van der Waals surface area contributed by atoms with Gasteiger partial charge in [0.25, 0.3) is 0 Å². The number of aliphatic hydroxyl groups excluding tert-OH is 1. The van der Waals surface area contributed by atoms with Gasteiger partial charge in [-0.25, -0.2) is 0 Å². The fourth-order valence-corrected chi connectivity index (χ4v) is 2.13. The lowest BCUT2D eigenvalue weighted by Gasteiger charge is -2.17. The Bertz CT molecular complexity index is 121. The van der Waals surface area contributed by atoms with Crippen LogP contribution in [-0.2, 0) is 0 Å². The lowest BCUT2D eigenvalue weighted by atomic mass is 10.0. The molecule has 2 heteroatoms. The molecule has 1 rings (SSSR count). The molecule has 0 spiro atoms. The molecule has 0 radical (unpaired) electrons. The summed E-state index contributed by atoms with van der Waals surface area (Å²) in [6, 6.07) is 0.742. The Morgan fingerprint density at radius 3 is 2.62 bits per heavy atom. The van der Waals surface area contributed by atoms with Crippen molar-refractivity contribution in [1.29, 1.82) is 0 Å². The molecule has 1 unspecified atom stereocenters. The van der Waals surface area contributed by atoms with Gasteiger partial charge in [-0.2, -0.15) is 0 Å². The van der Waals surface area contributed by atoms with Gasteiger partial charge in [0, 0.05) is 19.2 Å². The highest BCUT2D eigenvalue weighted by Gasteiger charge is 2.15. The first-order valence-electron chi connectivity index (χ1n) is 5.71. The summed E-state index contributed by atoms with van der Waals surface area (Å²) >= 11 is 0. The van der Waals surface area contributed by atoms with Crippen molar-refractivity contribution in [3.63, 3.8) is 0 Å². The van der Waals surface area contributed by atoms with Gasteiger partial charge < -0.3 is 10.4 Å². The smallest absolute Gasteiger partial charge is 0.0471 e. The third-order valence-corrected chi connectivity index (χ3v) is 3.01. The van der Waals surface area contributed by atoms with Crippen LogP contribution in [0.3, 0.4) is 0 Å². The number of aliphatic hydroxyl groups is 1. The van der Waals surface area contributed by atoms with Gasteiger partial charge in [-0.1, -0.05) is 26.2 Å². The highest BCUT2D eigenvalue weighted by Crippen LogP contribution is 2.18. The molecule has 0 amide bonds. The standard InChI is InChI=1S/C11H23NO/c1-2-5-10(9-13)8-12-11-6-3-4-7-11/h10-13H,2-9H2,1H3. The maximum Gasteiger partial charge on any atom is 0.0471 e. The van der Waals surface area contributed by atoms with E-state index in [9.17, 15) is 0 Å². The first kappa shape index (κ1) is 11.0. The molecule has 2 nitrogen and oxygen atoms in total. The van der Waals surface area contributed by atoms with E-state index >= 15 is 0 Å². The second-order valence-corrected chi connectivity index (χ2v) is 4.23. The Balaban J connectivity index is 2.07. The quantitative estimate of drug-likeness (QED) is 0.662. The molecule has 2 N–H and O–H groups in total. The van der Waals surface area contributed by atoms with Crippen LogP contribution in [0.4, 0.5) is 0 Å². The maximum absolute atomic E-state index is 9.09. The van der Waals surface area contributed by atoms with E-state index in [1.165, 1.54) is 32.1 Å². The molecule has 13 heavy (non-hydrogen) atoms. The summed E-state index contributed by atoms with van der Waals surface area (Å²) in [5.41, 5.74) is 0. The third kappa shape index (κ3) is 4.10. The molecule has 1 fully saturated rings. The van der Waals surface area contributed by atoms with Gasteiger partial charge in [-0.3, -0.25) is 0 Å². The molecule has 1 aliphatic carbocycles. The molecule has 78 valence electrons. The Kier molecular flexibility index (Phi) is 5.40. The van der Waals surface area contributed by atoms with Crippen LogP contribution in [0.25, 0.3) is 0 Å². The van der Waals surface area contributed by atoms with Crippen molar-refractivity contribution >= 4 is 0 Å². The lowest BCUT2D eigenvalue weighted by Crippen LogP contribution is -2.32. The van der Waals surface area contributed by atoms with Crippen LogP contribution in [0.1, 0.15) is 45.4 Å². The van der Waals surface area contributed by atoms with Crippen molar-refractivity contribution in [2.24, 2.45) is 5.92 Å². The average Bonchev–Trinajstić information content (AvgIpc) is 2.64. The monoisotopic (exact) mass is 185 g/mol. The number of nitrogens with one attached hydrogen (secondary N) is 1. The molecular weight excluding hydrogens is 162 g/mol. The minimum Gasteiger partial charge on any atom is -0.396 e. The molecule has 1 aliphatic rings. The molecule has 1 atom stereocenters. The third-order valence-electron chi connectivity index (χ3n) is 3.01. The normalized spacial score (nSPS) is 20.8. The van der Waals surface area contributed by atoms with Crippen LogP contribution in [0.5, 0.6) is 0 Å². The second-order valence-electron chi connectivity index (χ2n) is 4.23. The minimum absolute atomic E-state index is 0.341. The highest BCUT2D eigenvalue weighted by molar-refractivity contribution is 4.74. The van der Waals surface area contributed by atoms with Crippen molar-refractivity contribution in [2.45, 2.75) is 51.5 Å². The largest absolute Gasteiger partial charge is 0.396 e. The van der Waals surface area contributed by atoms with Crippen LogP contribution >= 0.6 is 0 Å². The van der Waals surface area contributed by atoms with E-state index in [2.05, 4.69) is 12.2 Å². The average molecular weight is 185 g/mol. The zero-order valence-corrected chi connectivity index (χ0v) is 8.76. The van der Waals surface area contributed by atoms with Crippen LogP contribution in [0.15, 0.2) is 0 Å². The lowest BCUT2D eigenvalue weighted by molar-refractivity contribution is 0.210. The molecule has 1 saturated carbocycles. The first-order valence-corrected chi connectivity index (χ1v) is 5.71. The van der Waals surface area contributed by atoms with Gasteiger partial charge in [-0.15, -0.1) is 0 Å². The first-order chi connectivity index (χ1) is 6.36. The van der Waals surface area contributed by atoms with Crippen molar-refractivity contribution in [3.8, 4) is 0 Å². The topological polar surface area (TPSA) is 32.3 Å². The van der Waals surface area contributed by atoms with E-state index in [0.29, 0.717) is 12.5 Å². The second kappa shape index (κ2) is 6.39. The highest BCUT2D eigenvalue weighted by atomic mass is 16.3. The van der Waals surface area contributed by atoms with Crippen LogP contribution < -0.4 is 5.32 Å². The molecule has 0 bridgehead atoms. The van der Waals surface area contributed by atoms with Crippen LogP contribution in [0.2, 0.25) is 0 Å². The van der Waals surface area contributed by atoms with Crippen molar-refractivity contribution in [1.82, 2.24) is 5.32 Å². The molecule has 0 aliphatic heterocycles. The van der Waals surface area contributed by atoms with Crippen LogP contribution in [0, 0.1) is 5.92 Å². The summed E-state index contributed by atoms with van der Waals surface area (Å²) < 4.78 is 0. The summed E-state index contributed by atoms with van der Waals surface area (Å²) in [4.78, 5) is 0. The fraction of sp³-hybridized carbons (Fsp3) is 1.00. The zero-order chi connectivity index (χ0) is 9.52. The Labute approximate surface area is 81.7 Å². The summed E-state index contributed by atoms with van der Waals surface area (Å²) in [7, 11) is 0. The molecule has 0 heterocycles. The number of hydrogen-bond acceptors (Lipinski definition) is 2. The summed E-state index contributed by atoms with van der Waals surface area (Å²) in [6.45, 7) is 3.53. The van der Waals surface area contributed by atoms with E-state index in [1.54, 1.807) is 0 Å². The molecule has 0 aromatic heterocycles.